The summed E-state index contributed by atoms with van der Waals surface area (Å²) in [6, 6.07) is 6.05. The van der Waals surface area contributed by atoms with Crippen molar-refractivity contribution in [1.82, 2.24) is 0 Å². The predicted octanol–water partition coefficient (Wildman–Crippen LogP) is 3.34. The highest BCUT2D eigenvalue weighted by Gasteiger charge is 2.16. The van der Waals surface area contributed by atoms with Crippen LogP contribution in [0.5, 0.6) is 0 Å². The van der Waals surface area contributed by atoms with Crippen LogP contribution in [-0.4, -0.2) is 0 Å². The maximum atomic E-state index is 5.77. The molecule has 0 saturated carbocycles. The molecule has 76 valence electrons. The van der Waals surface area contributed by atoms with Crippen molar-refractivity contribution in [3.05, 3.63) is 59.7 Å². The zero-order valence-corrected chi connectivity index (χ0v) is 9.01. The monoisotopic (exact) mass is 197 g/mol. The van der Waals surface area contributed by atoms with Gasteiger partial charge in [0.25, 0.3) is 0 Å². The molecule has 1 heteroatoms. The number of anilines is 1. The van der Waals surface area contributed by atoms with Gasteiger partial charge in [0.1, 0.15) is 0 Å². The van der Waals surface area contributed by atoms with Crippen molar-refractivity contribution in [3.8, 4) is 0 Å². The molecule has 0 aliphatic heterocycles. The Bertz CT molecular complexity index is 478. The fourth-order valence-electron chi connectivity index (χ4n) is 2.16. The van der Waals surface area contributed by atoms with Crippen LogP contribution in [0.1, 0.15) is 18.1 Å². The summed E-state index contributed by atoms with van der Waals surface area (Å²) in [5.41, 5.74) is 12.7. The van der Waals surface area contributed by atoms with E-state index >= 15 is 0 Å². The zero-order valence-electron chi connectivity index (χ0n) is 9.01. The smallest absolute Gasteiger partial charge is 0.0317 e. The van der Waals surface area contributed by atoms with Gasteiger partial charge in [-0.15, -0.1) is 0 Å². The molecule has 0 saturated heterocycles. The van der Waals surface area contributed by atoms with Crippen molar-refractivity contribution < 1.29 is 0 Å². The topological polar surface area (TPSA) is 26.0 Å². The van der Waals surface area contributed by atoms with E-state index in [9.17, 15) is 0 Å². The maximum Gasteiger partial charge on any atom is 0.0317 e. The van der Waals surface area contributed by atoms with Gasteiger partial charge in [-0.25, -0.2) is 0 Å². The minimum absolute atomic E-state index is 0.816. The van der Waals surface area contributed by atoms with Gasteiger partial charge in [0, 0.05) is 5.69 Å². The zero-order chi connectivity index (χ0) is 11.0. The lowest BCUT2D eigenvalue weighted by Crippen LogP contribution is -2.05. The third-order valence-corrected chi connectivity index (χ3v) is 2.93. The largest absolute Gasteiger partial charge is 0.399 e. The molecule has 0 aromatic heterocycles. The Morgan fingerprint density at radius 1 is 1.40 bits per heavy atom. The summed E-state index contributed by atoms with van der Waals surface area (Å²) in [5, 5.41) is 0. The van der Waals surface area contributed by atoms with E-state index in [0.29, 0.717) is 0 Å². The Morgan fingerprint density at radius 2 is 2.13 bits per heavy atom. The molecule has 1 aromatic rings. The summed E-state index contributed by atoms with van der Waals surface area (Å²) < 4.78 is 0. The van der Waals surface area contributed by atoms with Gasteiger partial charge in [0.15, 0.2) is 0 Å². The van der Waals surface area contributed by atoms with Crippen molar-refractivity contribution in [3.63, 3.8) is 0 Å². The highest BCUT2D eigenvalue weighted by Crippen LogP contribution is 2.34. The second-order valence-electron chi connectivity index (χ2n) is 3.94. The van der Waals surface area contributed by atoms with Crippen LogP contribution in [0.4, 0.5) is 5.69 Å². The molecule has 1 aliphatic rings. The number of allylic oxidation sites excluding steroid dienone is 4. The Kier molecular flexibility index (Phi) is 2.24. The molecule has 0 unspecified atom stereocenters. The molecule has 0 amide bonds. The molecule has 2 rings (SSSR count). The Morgan fingerprint density at radius 3 is 2.80 bits per heavy atom. The van der Waals surface area contributed by atoms with Crippen LogP contribution in [0.25, 0.3) is 5.57 Å². The van der Waals surface area contributed by atoms with Gasteiger partial charge in [-0.1, -0.05) is 25.3 Å². The lowest BCUT2D eigenvalue weighted by atomic mass is 9.83. The Balaban J connectivity index is 2.67. The highest BCUT2D eigenvalue weighted by atomic mass is 14.5. The maximum absolute atomic E-state index is 5.77. The van der Waals surface area contributed by atoms with Crippen molar-refractivity contribution in [2.75, 3.05) is 5.73 Å². The summed E-state index contributed by atoms with van der Waals surface area (Å²) in [6.45, 7) is 10.0. The quantitative estimate of drug-likeness (QED) is 0.686. The van der Waals surface area contributed by atoms with E-state index < -0.39 is 0 Å². The molecule has 0 radical (unpaired) electrons. The summed E-state index contributed by atoms with van der Waals surface area (Å²) in [6.07, 6.45) is 2.76. The van der Waals surface area contributed by atoms with Gasteiger partial charge in [0.05, 0.1) is 0 Å². The lowest BCUT2D eigenvalue weighted by molar-refractivity contribution is 1.14. The number of rotatable bonds is 1. The first-order valence-corrected chi connectivity index (χ1v) is 5.03. The molecular weight excluding hydrogens is 182 g/mol. The number of hydrogen-bond acceptors (Lipinski definition) is 1. The fourth-order valence-corrected chi connectivity index (χ4v) is 2.16. The number of nitrogens with two attached hydrogens (primary N) is 1. The first-order valence-electron chi connectivity index (χ1n) is 5.03. The fraction of sp³-hybridized carbons (Fsp3) is 0.143. The molecule has 2 N–H and O–H groups in total. The molecule has 1 aliphatic carbocycles. The van der Waals surface area contributed by atoms with Crippen LogP contribution in [0.2, 0.25) is 0 Å². The summed E-state index contributed by atoms with van der Waals surface area (Å²) in [4.78, 5) is 0. The van der Waals surface area contributed by atoms with Gasteiger partial charge in [-0.2, -0.15) is 0 Å². The van der Waals surface area contributed by atoms with E-state index in [2.05, 4.69) is 26.1 Å². The lowest BCUT2D eigenvalue weighted by Gasteiger charge is -2.21. The van der Waals surface area contributed by atoms with Gasteiger partial charge in [-0.05, 0) is 53.3 Å². The predicted molar refractivity (Wildman–Crippen MR) is 66.5 cm³/mol. The number of benzene rings is 1. The standard InChI is InChI=1S/C14H15N/c1-4-13-9(2)7-11-8-12(15)5-6-14(11)10(13)3/h4-6,8H,1-2,7,15H2,3H3. The van der Waals surface area contributed by atoms with Crippen LogP contribution < -0.4 is 5.73 Å². The van der Waals surface area contributed by atoms with Crippen LogP contribution in [0.15, 0.2) is 48.6 Å². The van der Waals surface area contributed by atoms with Gasteiger partial charge in [0.2, 0.25) is 0 Å². The van der Waals surface area contributed by atoms with E-state index in [4.69, 9.17) is 5.73 Å². The minimum Gasteiger partial charge on any atom is -0.399 e. The second kappa shape index (κ2) is 3.43. The average Bonchev–Trinajstić information content (AvgIpc) is 2.17. The van der Waals surface area contributed by atoms with Gasteiger partial charge < -0.3 is 5.73 Å². The SMILES string of the molecule is C=CC1=C(C)c2ccc(N)cc2CC1=C. The molecule has 0 bridgehead atoms. The van der Waals surface area contributed by atoms with Crippen LogP contribution in [-0.2, 0) is 6.42 Å². The van der Waals surface area contributed by atoms with Crippen molar-refractivity contribution in [2.45, 2.75) is 13.3 Å². The third kappa shape index (κ3) is 1.50. The van der Waals surface area contributed by atoms with Crippen LogP contribution >= 0.6 is 0 Å². The molecule has 1 aromatic carbocycles. The number of nitrogen functional groups attached to an aromatic ring is 1. The Hall–Kier alpha value is -1.76. The van der Waals surface area contributed by atoms with Crippen molar-refractivity contribution in [1.29, 1.82) is 0 Å². The minimum atomic E-state index is 0.816. The second-order valence-corrected chi connectivity index (χ2v) is 3.94. The molecule has 0 heterocycles. The van der Waals surface area contributed by atoms with Crippen molar-refractivity contribution >= 4 is 11.3 Å². The van der Waals surface area contributed by atoms with Gasteiger partial charge in [-0.3, -0.25) is 0 Å². The van der Waals surface area contributed by atoms with Crippen LogP contribution in [0.3, 0.4) is 0 Å². The number of hydrogen-bond donors (Lipinski definition) is 1. The molecule has 0 atom stereocenters. The first-order chi connectivity index (χ1) is 7.13. The van der Waals surface area contributed by atoms with Gasteiger partial charge >= 0.3 is 0 Å². The van der Waals surface area contributed by atoms with E-state index in [-0.39, 0.29) is 0 Å². The molecule has 0 spiro atoms. The van der Waals surface area contributed by atoms with Crippen molar-refractivity contribution in [2.24, 2.45) is 0 Å². The summed E-state index contributed by atoms with van der Waals surface area (Å²) in [7, 11) is 0. The first kappa shape index (κ1) is 9.78. The summed E-state index contributed by atoms with van der Waals surface area (Å²) in [5.74, 6) is 0. The molecular formula is C14H15N. The van der Waals surface area contributed by atoms with Crippen LogP contribution in [0, 0.1) is 0 Å². The van der Waals surface area contributed by atoms with E-state index in [1.54, 1.807) is 0 Å². The number of fused-ring (bicyclic) bond motifs is 1. The molecule has 1 nitrogen and oxygen atoms in total. The van der Waals surface area contributed by atoms with E-state index in [1.165, 1.54) is 22.3 Å². The normalized spacial score (nSPS) is 15.1. The third-order valence-electron chi connectivity index (χ3n) is 2.93. The summed E-state index contributed by atoms with van der Waals surface area (Å²) >= 11 is 0. The molecule has 15 heavy (non-hydrogen) atoms. The highest BCUT2D eigenvalue weighted by molar-refractivity contribution is 5.79. The average molecular weight is 197 g/mol. The van der Waals surface area contributed by atoms with E-state index in [0.717, 1.165) is 17.7 Å². The van der Waals surface area contributed by atoms with E-state index in [1.807, 2.05) is 18.2 Å². The Labute approximate surface area is 90.6 Å². The molecule has 0 fully saturated rings.